The van der Waals surface area contributed by atoms with Gasteiger partial charge in [-0.05, 0) is 43.9 Å². The maximum atomic E-state index is 13.7. The molecule has 0 spiro atoms. The van der Waals surface area contributed by atoms with E-state index in [1.54, 1.807) is 19.0 Å². The highest BCUT2D eigenvalue weighted by Crippen LogP contribution is 2.39. The number of alkyl halides is 3. The van der Waals surface area contributed by atoms with Crippen LogP contribution in [0.1, 0.15) is 11.3 Å². The van der Waals surface area contributed by atoms with Gasteiger partial charge in [-0.1, -0.05) is 23.7 Å². The van der Waals surface area contributed by atoms with E-state index in [4.69, 9.17) is 16.0 Å². The van der Waals surface area contributed by atoms with Gasteiger partial charge >= 0.3 is 6.18 Å². The number of benzene rings is 2. The van der Waals surface area contributed by atoms with Crippen LogP contribution in [-0.2, 0) is 12.7 Å². The van der Waals surface area contributed by atoms with E-state index in [-0.39, 0.29) is 34.4 Å². The third-order valence-electron chi connectivity index (χ3n) is 4.00. The zero-order chi connectivity index (χ0) is 19.9. The van der Waals surface area contributed by atoms with Gasteiger partial charge < -0.3 is 14.4 Å². The number of fused-ring (bicyclic) bond motifs is 1. The van der Waals surface area contributed by atoms with Gasteiger partial charge in [-0.25, -0.2) is 0 Å². The Hall–Kier alpha value is -2.51. The van der Waals surface area contributed by atoms with Crippen molar-refractivity contribution in [3.63, 3.8) is 0 Å². The van der Waals surface area contributed by atoms with Crippen molar-refractivity contribution in [1.29, 1.82) is 0 Å². The molecule has 2 aromatic carbocycles. The molecule has 27 heavy (non-hydrogen) atoms. The number of aromatic hydroxyl groups is 1. The summed E-state index contributed by atoms with van der Waals surface area (Å²) >= 11 is 5.79. The van der Waals surface area contributed by atoms with Gasteiger partial charge in [0.05, 0.1) is 16.5 Å². The van der Waals surface area contributed by atoms with Crippen LogP contribution in [0.25, 0.3) is 22.1 Å². The summed E-state index contributed by atoms with van der Waals surface area (Å²) in [7, 11) is 3.37. The topological polar surface area (TPSA) is 53.7 Å². The van der Waals surface area contributed by atoms with Crippen LogP contribution in [0.3, 0.4) is 0 Å². The van der Waals surface area contributed by atoms with Crippen molar-refractivity contribution in [2.75, 3.05) is 14.1 Å². The van der Waals surface area contributed by atoms with E-state index >= 15 is 0 Å². The normalized spacial score (nSPS) is 12.1. The van der Waals surface area contributed by atoms with Gasteiger partial charge in [-0.2, -0.15) is 13.2 Å². The third kappa shape index (κ3) is 3.65. The number of nitrogens with zero attached hydrogens (tertiary/aromatic N) is 1. The molecule has 3 rings (SSSR count). The minimum Gasteiger partial charge on any atom is -0.507 e. The lowest BCUT2D eigenvalue weighted by Gasteiger charge is -2.16. The number of halogens is 4. The Morgan fingerprint density at radius 2 is 1.74 bits per heavy atom. The lowest BCUT2D eigenvalue weighted by atomic mass is 10.00. The summed E-state index contributed by atoms with van der Waals surface area (Å²) in [6.07, 6.45) is -4.90. The first-order chi connectivity index (χ1) is 12.6. The number of phenolic OH excluding ortho intramolecular Hbond substituents is 1. The zero-order valence-corrected chi connectivity index (χ0v) is 15.1. The summed E-state index contributed by atoms with van der Waals surface area (Å²) in [6, 6.07) is 7.99. The van der Waals surface area contributed by atoms with Crippen molar-refractivity contribution in [1.82, 2.24) is 4.90 Å². The van der Waals surface area contributed by atoms with Gasteiger partial charge in [0, 0.05) is 11.6 Å². The maximum absolute atomic E-state index is 13.7. The zero-order valence-electron chi connectivity index (χ0n) is 14.4. The SMILES string of the molecule is CN(C)Cc1c(O)ccc2c(=O)c(-c3ccc(Cl)cc3)c(C(F)(F)F)oc12. The summed E-state index contributed by atoms with van der Waals surface area (Å²) < 4.78 is 46.2. The quantitative estimate of drug-likeness (QED) is 0.683. The molecule has 0 bridgehead atoms. The molecule has 142 valence electrons. The highest BCUT2D eigenvalue weighted by molar-refractivity contribution is 6.30. The highest BCUT2D eigenvalue weighted by atomic mass is 35.5. The summed E-state index contributed by atoms with van der Waals surface area (Å²) in [5, 5.41) is 10.4. The molecule has 1 heterocycles. The molecule has 0 unspecified atom stereocenters. The minimum atomic E-state index is -4.90. The summed E-state index contributed by atoms with van der Waals surface area (Å²) in [4.78, 5) is 14.6. The Labute approximate surface area is 157 Å². The molecule has 0 fully saturated rings. The van der Waals surface area contributed by atoms with E-state index < -0.39 is 22.9 Å². The van der Waals surface area contributed by atoms with E-state index in [2.05, 4.69) is 0 Å². The number of phenols is 1. The smallest absolute Gasteiger partial charge is 0.450 e. The standard InChI is InChI=1S/C19H15ClF3NO3/c1-24(2)9-13-14(25)8-7-12-16(26)15(10-3-5-11(20)6-4-10)18(19(21,22)23)27-17(12)13/h3-8,25H,9H2,1-2H3. The van der Waals surface area contributed by atoms with Crippen LogP contribution in [0.4, 0.5) is 13.2 Å². The molecule has 0 atom stereocenters. The first-order valence-corrected chi connectivity index (χ1v) is 8.27. The van der Waals surface area contributed by atoms with E-state index in [1.807, 2.05) is 0 Å². The molecule has 8 heteroatoms. The Balaban J connectivity index is 2.43. The lowest BCUT2D eigenvalue weighted by Crippen LogP contribution is -2.17. The van der Waals surface area contributed by atoms with Gasteiger partial charge in [-0.3, -0.25) is 4.79 Å². The van der Waals surface area contributed by atoms with Crippen LogP contribution in [-0.4, -0.2) is 24.1 Å². The Morgan fingerprint density at radius 3 is 2.30 bits per heavy atom. The average Bonchev–Trinajstić information content (AvgIpc) is 2.57. The molecular formula is C19H15ClF3NO3. The fourth-order valence-electron chi connectivity index (χ4n) is 2.85. The second-order valence-electron chi connectivity index (χ2n) is 6.32. The van der Waals surface area contributed by atoms with Gasteiger partial charge in [0.1, 0.15) is 11.3 Å². The van der Waals surface area contributed by atoms with Gasteiger partial charge in [-0.15, -0.1) is 0 Å². The van der Waals surface area contributed by atoms with E-state index in [9.17, 15) is 23.1 Å². The van der Waals surface area contributed by atoms with E-state index in [1.165, 1.54) is 36.4 Å². The number of hydrogen-bond acceptors (Lipinski definition) is 4. The molecule has 3 aromatic rings. The van der Waals surface area contributed by atoms with Crippen LogP contribution < -0.4 is 5.43 Å². The van der Waals surface area contributed by atoms with E-state index in [0.717, 1.165) is 0 Å². The molecule has 4 nitrogen and oxygen atoms in total. The maximum Gasteiger partial charge on any atom is 0.450 e. The predicted octanol–water partition coefficient (Wildman–Crippen LogP) is 4.90. The van der Waals surface area contributed by atoms with Crippen LogP contribution in [0, 0.1) is 0 Å². The molecule has 0 saturated carbocycles. The first kappa shape index (κ1) is 19.3. The van der Waals surface area contributed by atoms with Crippen LogP contribution in [0.15, 0.2) is 45.6 Å². The summed E-state index contributed by atoms with van der Waals surface area (Å²) in [6.45, 7) is 0.101. The van der Waals surface area contributed by atoms with Crippen LogP contribution in [0.5, 0.6) is 5.75 Å². The second kappa shape index (κ2) is 6.90. The Morgan fingerprint density at radius 1 is 1.11 bits per heavy atom. The van der Waals surface area contributed by atoms with Crippen molar-refractivity contribution in [2.24, 2.45) is 0 Å². The van der Waals surface area contributed by atoms with Crippen molar-refractivity contribution in [3.8, 4) is 16.9 Å². The average molecular weight is 398 g/mol. The van der Waals surface area contributed by atoms with Crippen molar-refractivity contribution < 1.29 is 22.7 Å². The summed E-state index contributed by atoms with van der Waals surface area (Å²) in [5.74, 6) is -1.65. The van der Waals surface area contributed by atoms with Gasteiger partial charge in [0.25, 0.3) is 0 Å². The molecule has 0 amide bonds. The van der Waals surface area contributed by atoms with Crippen molar-refractivity contribution in [3.05, 3.63) is 63.0 Å². The third-order valence-corrected chi connectivity index (χ3v) is 4.26. The van der Waals surface area contributed by atoms with Crippen LogP contribution >= 0.6 is 11.6 Å². The highest BCUT2D eigenvalue weighted by Gasteiger charge is 2.39. The monoisotopic (exact) mass is 397 g/mol. The Kier molecular flexibility index (Phi) is 4.92. The molecule has 0 aliphatic heterocycles. The van der Waals surface area contributed by atoms with Gasteiger partial charge in [0.15, 0.2) is 0 Å². The predicted molar refractivity (Wildman–Crippen MR) is 97.0 cm³/mol. The van der Waals surface area contributed by atoms with Crippen molar-refractivity contribution >= 4 is 22.6 Å². The number of hydrogen-bond donors (Lipinski definition) is 1. The fourth-order valence-corrected chi connectivity index (χ4v) is 2.98. The molecule has 0 saturated heterocycles. The fraction of sp³-hybridized carbons (Fsp3) is 0.211. The second-order valence-corrected chi connectivity index (χ2v) is 6.75. The number of rotatable bonds is 3. The van der Waals surface area contributed by atoms with E-state index in [0.29, 0.717) is 5.02 Å². The van der Waals surface area contributed by atoms with Gasteiger partial charge in [0.2, 0.25) is 11.2 Å². The van der Waals surface area contributed by atoms with Crippen LogP contribution in [0.2, 0.25) is 5.02 Å². The molecule has 1 aromatic heterocycles. The molecular weight excluding hydrogens is 383 g/mol. The lowest BCUT2D eigenvalue weighted by molar-refractivity contribution is -0.152. The van der Waals surface area contributed by atoms with Crippen molar-refractivity contribution in [2.45, 2.75) is 12.7 Å². The molecule has 1 N–H and O–H groups in total. The first-order valence-electron chi connectivity index (χ1n) is 7.89. The largest absolute Gasteiger partial charge is 0.507 e. The molecule has 0 aliphatic carbocycles. The minimum absolute atomic E-state index is 0.0393. The molecule has 0 aliphatic rings. The Bertz CT molecular complexity index is 1060. The molecule has 0 radical (unpaired) electrons. The summed E-state index contributed by atoms with van der Waals surface area (Å²) in [5.41, 5.74) is -1.54.